The van der Waals surface area contributed by atoms with Crippen molar-refractivity contribution in [1.82, 2.24) is 14.3 Å². The normalized spacial score (nSPS) is 15.3. The fourth-order valence-corrected chi connectivity index (χ4v) is 4.05. The lowest BCUT2D eigenvalue weighted by molar-refractivity contribution is -0.0500. The highest BCUT2D eigenvalue weighted by Gasteiger charge is 2.27. The summed E-state index contributed by atoms with van der Waals surface area (Å²) in [6.45, 7) is -1.50. The van der Waals surface area contributed by atoms with Crippen molar-refractivity contribution in [2.45, 2.75) is 30.9 Å². The first-order chi connectivity index (χ1) is 12.4. The summed E-state index contributed by atoms with van der Waals surface area (Å²) < 4.78 is 54.7. The Balaban J connectivity index is 1.59. The van der Waals surface area contributed by atoms with E-state index in [1.54, 1.807) is 12.1 Å². The summed E-state index contributed by atoms with van der Waals surface area (Å²) in [5, 5.41) is 3.00. The molecule has 0 atom stereocenters. The van der Waals surface area contributed by atoms with Gasteiger partial charge in [-0.1, -0.05) is 0 Å². The van der Waals surface area contributed by atoms with E-state index in [1.807, 2.05) is 0 Å². The standard InChI is InChI=1S/C16H18F2N4O3S/c17-16(18)25-13-4-3-12(19-10-13)9-20-15-6-5-14(11-21-15)26(23,24)22-7-1-2-8-22/h3-6,10-11,16H,1-2,7-9H2,(H,20,21). The molecule has 1 N–H and O–H groups in total. The van der Waals surface area contributed by atoms with Crippen molar-refractivity contribution in [3.05, 3.63) is 42.4 Å². The summed E-state index contributed by atoms with van der Waals surface area (Å²) in [4.78, 5) is 8.29. The molecule has 1 aliphatic rings. The number of anilines is 1. The van der Waals surface area contributed by atoms with E-state index < -0.39 is 16.6 Å². The number of ether oxygens (including phenoxy) is 1. The summed E-state index contributed by atoms with van der Waals surface area (Å²) in [7, 11) is -3.48. The number of pyridine rings is 2. The molecule has 1 fully saturated rings. The number of halogens is 2. The van der Waals surface area contributed by atoms with Crippen molar-refractivity contribution < 1.29 is 21.9 Å². The van der Waals surface area contributed by atoms with Gasteiger partial charge in [0.2, 0.25) is 10.0 Å². The summed E-state index contributed by atoms with van der Waals surface area (Å²) >= 11 is 0. The van der Waals surface area contributed by atoms with Crippen LogP contribution in [-0.4, -0.2) is 42.4 Å². The summed E-state index contributed by atoms with van der Waals surface area (Å²) in [6, 6.07) is 6.04. The van der Waals surface area contributed by atoms with Crippen molar-refractivity contribution >= 4 is 15.8 Å². The molecule has 0 aromatic carbocycles. The Labute approximate surface area is 150 Å². The van der Waals surface area contributed by atoms with Crippen LogP contribution in [0.2, 0.25) is 0 Å². The van der Waals surface area contributed by atoms with Crippen LogP contribution in [0.5, 0.6) is 5.75 Å². The Morgan fingerprint density at radius 3 is 2.46 bits per heavy atom. The van der Waals surface area contributed by atoms with Crippen molar-refractivity contribution in [3.8, 4) is 5.75 Å². The van der Waals surface area contributed by atoms with Gasteiger partial charge in [-0.05, 0) is 37.1 Å². The van der Waals surface area contributed by atoms with E-state index in [-0.39, 0.29) is 10.6 Å². The van der Waals surface area contributed by atoms with E-state index in [0.29, 0.717) is 31.1 Å². The molecule has 2 aromatic rings. The number of sulfonamides is 1. The van der Waals surface area contributed by atoms with E-state index in [1.165, 1.54) is 28.8 Å². The van der Waals surface area contributed by atoms with Gasteiger partial charge < -0.3 is 10.1 Å². The number of aromatic nitrogens is 2. The molecule has 3 heterocycles. The third kappa shape index (κ3) is 4.44. The maximum atomic E-state index is 12.4. The molecule has 10 heteroatoms. The SMILES string of the molecule is O=S(=O)(c1ccc(NCc2ccc(OC(F)F)cn2)nc1)N1CCCC1. The molecule has 3 rings (SSSR count). The summed E-state index contributed by atoms with van der Waals surface area (Å²) in [6.07, 6.45) is 4.28. The fourth-order valence-electron chi connectivity index (χ4n) is 2.58. The van der Waals surface area contributed by atoms with Crippen molar-refractivity contribution in [1.29, 1.82) is 0 Å². The highest BCUT2D eigenvalue weighted by molar-refractivity contribution is 7.89. The average Bonchev–Trinajstić information content (AvgIpc) is 3.17. The molecule has 26 heavy (non-hydrogen) atoms. The minimum Gasteiger partial charge on any atom is -0.433 e. The van der Waals surface area contributed by atoms with Crippen LogP contribution in [0.4, 0.5) is 14.6 Å². The van der Waals surface area contributed by atoms with Crippen LogP contribution in [0.15, 0.2) is 41.6 Å². The van der Waals surface area contributed by atoms with Gasteiger partial charge in [0, 0.05) is 19.3 Å². The van der Waals surface area contributed by atoms with Crippen molar-refractivity contribution in [2.24, 2.45) is 0 Å². The van der Waals surface area contributed by atoms with Gasteiger partial charge in [-0.15, -0.1) is 0 Å². The molecule has 7 nitrogen and oxygen atoms in total. The second-order valence-corrected chi connectivity index (χ2v) is 7.65. The van der Waals surface area contributed by atoms with E-state index in [4.69, 9.17) is 0 Å². The third-order valence-electron chi connectivity index (χ3n) is 3.91. The molecule has 0 spiro atoms. The first-order valence-electron chi connectivity index (χ1n) is 8.05. The molecule has 2 aromatic heterocycles. The number of hydrogen-bond donors (Lipinski definition) is 1. The Kier molecular flexibility index (Phi) is 5.62. The quantitative estimate of drug-likeness (QED) is 0.790. The molecule has 0 saturated carbocycles. The van der Waals surface area contributed by atoms with Gasteiger partial charge in [0.15, 0.2) is 0 Å². The van der Waals surface area contributed by atoms with Gasteiger partial charge in [-0.2, -0.15) is 13.1 Å². The Morgan fingerprint density at radius 1 is 1.12 bits per heavy atom. The van der Waals surface area contributed by atoms with Gasteiger partial charge in [0.25, 0.3) is 0 Å². The zero-order chi connectivity index (χ0) is 18.6. The van der Waals surface area contributed by atoms with Gasteiger partial charge in [-0.25, -0.2) is 13.4 Å². The maximum Gasteiger partial charge on any atom is 0.387 e. The second-order valence-electron chi connectivity index (χ2n) is 5.71. The van der Waals surface area contributed by atoms with Gasteiger partial charge in [-0.3, -0.25) is 4.98 Å². The molecular formula is C16H18F2N4O3S. The van der Waals surface area contributed by atoms with Gasteiger partial charge in [0.1, 0.15) is 16.5 Å². The third-order valence-corrected chi connectivity index (χ3v) is 5.79. The van der Waals surface area contributed by atoms with E-state index in [0.717, 1.165) is 12.8 Å². The van der Waals surface area contributed by atoms with Crippen LogP contribution in [0.3, 0.4) is 0 Å². The lowest BCUT2D eigenvalue weighted by Crippen LogP contribution is -2.27. The minimum atomic E-state index is -3.48. The zero-order valence-corrected chi connectivity index (χ0v) is 14.6. The van der Waals surface area contributed by atoms with E-state index >= 15 is 0 Å². The molecule has 1 saturated heterocycles. The summed E-state index contributed by atoms with van der Waals surface area (Å²) in [5.74, 6) is 0.471. The first-order valence-corrected chi connectivity index (χ1v) is 9.49. The smallest absolute Gasteiger partial charge is 0.387 e. The van der Waals surface area contributed by atoms with Gasteiger partial charge >= 0.3 is 6.61 Å². The van der Waals surface area contributed by atoms with Crippen LogP contribution in [0.25, 0.3) is 0 Å². The van der Waals surface area contributed by atoms with Crippen LogP contribution >= 0.6 is 0 Å². The second kappa shape index (κ2) is 7.92. The molecule has 1 aliphatic heterocycles. The summed E-state index contributed by atoms with van der Waals surface area (Å²) in [5.41, 5.74) is 0.599. The Morgan fingerprint density at radius 2 is 1.88 bits per heavy atom. The molecule has 140 valence electrons. The highest BCUT2D eigenvalue weighted by atomic mass is 32.2. The minimum absolute atomic E-state index is 0.0154. The van der Waals surface area contributed by atoms with Gasteiger partial charge in [0.05, 0.1) is 18.4 Å². The molecule has 0 amide bonds. The topological polar surface area (TPSA) is 84.4 Å². The number of alkyl halides is 2. The fraction of sp³-hybridized carbons (Fsp3) is 0.375. The number of hydrogen-bond acceptors (Lipinski definition) is 6. The van der Waals surface area contributed by atoms with Crippen molar-refractivity contribution in [3.63, 3.8) is 0 Å². The lowest BCUT2D eigenvalue weighted by Gasteiger charge is -2.15. The van der Waals surface area contributed by atoms with Crippen LogP contribution in [0.1, 0.15) is 18.5 Å². The Bertz CT molecular complexity index is 824. The average molecular weight is 384 g/mol. The molecule has 0 aliphatic carbocycles. The lowest BCUT2D eigenvalue weighted by atomic mass is 10.3. The number of nitrogens with one attached hydrogen (secondary N) is 1. The van der Waals surface area contributed by atoms with E-state index in [2.05, 4.69) is 20.0 Å². The molecule has 0 unspecified atom stereocenters. The van der Waals surface area contributed by atoms with Crippen LogP contribution in [0, 0.1) is 0 Å². The molecule has 0 radical (unpaired) electrons. The zero-order valence-electron chi connectivity index (χ0n) is 13.8. The van der Waals surface area contributed by atoms with E-state index in [9.17, 15) is 17.2 Å². The Hall–Kier alpha value is -2.33. The number of nitrogens with zero attached hydrogens (tertiary/aromatic N) is 3. The highest BCUT2D eigenvalue weighted by Crippen LogP contribution is 2.21. The molecular weight excluding hydrogens is 366 g/mol. The molecule has 0 bridgehead atoms. The predicted molar refractivity (Wildman–Crippen MR) is 90.4 cm³/mol. The largest absolute Gasteiger partial charge is 0.433 e. The van der Waals surface area contributed by atoms with Crippen LogP contribution < -0.4 is 10.1 Å². The van der Waals surface area contributed by atoms with Crippen molar-refractivity contribution in [2.75, 3.05) is 18.4 Å². The number of rotatable bonds is 7. The van der Waals surface area contributed by atoms with Crippen LogP contribution in [-0.2, 0) is 16.6 Å². The predicted octanol–water partition coefficient (Wildman–Crippen LogP) is 2.47. The first kappa shape index (κ1) is 18.5. The monoisotopic (exact) mass is 384 g/mol. The maximum absolute atomic E-state index is 12.4.